The van der Waals surface area contributed by atoms with Gasteiger partial charge in [0.2, 0.25) is 0 Å². The minimum absolute atomic E-state index is 0.227. The van der Waals surface area contributed by atoms with E-state index in [9.17, 15) is 4.79 Å². The SMILES string of the molecule is O=C(NNC(=S)NC1CC2CCC1C2)c1ccc(NNC(=S)NC2CC3CCC2C3)cc1. The lowest BCUT2D eigenvalue weighted by atomic mass is 9.96. The molecular weight excluding hydrogens is 440 g/mol. The molecule has 7 nitrogen and oxygen atoms in total. The average molecular weight is 473 g/mol. The number of fused-ring (bicyclic) bond motifs is 4. The van der Waals surface area contributed by atoms with Gasteiger partial charge in [-0.3, -0.25) is 26.5 Å². The van der Waals surface area contributed by atoms with Crippen molar-refractivity contribution in [1.82, 2.24) is 26.9 Å². The van der Waals surface area contributed by atoms with Crippen molar-refractivity contribution in [3.63, 3.8) is 0 Å². The lowest BCUT2D eigenvalue weighted by molar-refractivity contribution is 0.0943. The van der Waals surface area contributed by atoms with Crippen LogP contribution in [0.4, 0.5) is 5.69 Å². The van der Waals surface area contributed by atoms with Gasteiger partial charge in [-0.05, 0) is 111 Å². The van der Waals surface area contributed by atoms with Crippen molar-refractivity contribution in [2.75, 3.05) is 5.43 Å². The molecule has 0 aliphatic heterocycles. The Kier molecular flexibility index (Phi) is 6.37. The van der Waals surface area contributed by atoms with Crippen LogP contribution < -0.4 is 32.3 Å². The molecule has 1 aromatic rings. The Morgan fingerprint density at radius 2 is 1.28 bits per heavy atom. The van der Waals surface area contributed by atoms with Gasteiger partial charge in [-0.25, -0.2) is 0 Å². The molecule has 0 saturated heterocycles. The summed E-state index contributed by atoms with van der Waals surface area (Å²) in [4.78, 5) is 12.4. The smallest absolute Gasteiger partial charge is 0.269 e. The first-order valence-corrected chi connectivity index (χ1v) is 12.6. The predicted molar refractivity (Wildman–Crippen MR) is 134 cm³/mol. The Morgan fingerprint density at radius 1 is 0.719 bits per heavy atom. The van der Waals surface area contributed by atoms with E-state index in [0.29, 0.717) is 27.9 Å². The molecule has 0 heterocycles. The topological polar surface area (TPSA) is 89.2 Å². The van der Waals surface area contributed by atoms with Crippen LogP contribution in [0.2, 0.25) is 0 Å². The highest BCUT2D eigenvalue weighted by Gasteiger charge is 2.40. The first kappa shape index (κ1) is 21.7. The number of rotatable bonds is 5. The van der Waals surface area contributed by atoms with Crippen LogP contribution in [0, 0.1) is 23.7 Å². The fraction of sp³-hybridized carbons (Fsp3) is 0.609. The van der Waals surface area contributed by atoms with Crippen molar-refractivity contribution < 1.29 is 4.79 Å². The molecule has 32 heavy (non-hydrogen) atoms. The quantitative estimate of drug-likeness (QED) is 0.288. The molecule has 172 valence electrons. The predicted octanol–water partition coefficient (Wildman–Crippen LogP) is 2.96. The average Bonchev–Trinajstić information content (AvgIpc) is 3.59. The van der Waals surface area contributed by atoms with Crippen LogP contribution in [0.3, 0.4) is 0 Å². The summed E-state index contributed by atoms with van der Waals surface area (Å²) in [6.45, 7) is 0. The lowest BCUT2D eigenvalue weighted by Gasteiger charge is -2.24. The van der Waals surface area contributed by atoms with Crippen molar-refractivity contribution in [2.24, 2.45) is 23.7 Å². The molecule has 6 atom stereocenters. The molecule has 0 spiro atoms. The number of hydrazine groups is 2. The highest BCUT2D eigenvalue weighted by Crippen LogP contribution is 2.45. The lowest BCUT2D eigenvalue weighted by Crippen LogP contribution is -2.50. The summed E-state index contributed by atoms with van der Waals surface area (Å²) in [6, 6.07) is 8.15. The van der Waals surface area contributed by atoms with Crippen LogP contribution in [0.5, 0.6) is 0 Å². The number of anilines is 1. The summed E-state index contributed by atoms with van der Waals surface area (Å²) in [5.74, 6) is 2.99. The van der Waals surface area contributed by atoms with Crippen LogP contribution >= 0.6 is 24.4 Å². The van der Waals surface area contributed by atoms with Crippen molar-refractivity contribution >= 4 is 46.3 Å². The van der Waals surface area contributed by atoms with Gasteiger partial charge < -0.3 is 10.6 Å². The minimum Gasteiger partial charge on any atom is -0.358 e. The molecule has 1 amide bonds. The molecule has 5 rings (SSSR count). The molecule has 0 radical (unpaired) electrons. The molecule has 4 fully saturated rings. The molecule has 6 unspecified atom stereocenters. The van der Waals surface area contributed by atoms with E-state index in [1.807, 2.05) is 12.1 Å². The Labute approximate surface area is 200 Å². The van der Waals surface area contributed by atoms with Gasteiger partial charge in [-0.2, -0.15) is 0 Å². The Hall–Kier alpha value is -2.13. The molecule has 4 bridgehead atoms. The van der Waals surface area contributed by atoms with E-state index < -0.39 is 0 Å². The second-order valence-electron chi connectivity index (χ2n) is 9.92. The number of nitrogens with one attached hydrogen (secondary N) is 6. The van der Waals surface area contributed by atoms with Gasteiger partial charge >= 0.3 is 0 Å². The summed E-state index contributed by atoms with van der Waals surface area (Å²) in [7, 11) is 0. The van der Waals surface area contributed by atoms with Gasteiger partial charge in [-0.15, -0.1) is 0 Å². The van der Waals surface area contributed by atoms with Gasteiger partial charge in [0.25, 0.3) is 5.91 Å². The monoisotopic (exact) mass is 472 g/mol. The van der Waals surface area contributed by atoms with E-state index in [1.54, 1.807) is 12.1 Å². The zero-order valence-corrected chi connectivity index (χ0v) is 19.8. The summed E-state index contributed by atoms with van der Waals surface area (Å²) < 4.78 is 0. The molecule has 6 N–H and O–H groups in total. The standard InChI is InChI=1S/C23H32N6OS2/c30-21(27-29-23(32)25-20-12-14-2-4-17(20)10-14)15-5-7-18(8-6-15)26-28-22(31)24-19-11-13-1-3-16(19)9-13/h5-8,13-14,16-17,19-20,26H,1-4,9-12H2,(H,27,30)(H2,24,28,31)(H2,25,29,32). The highest BCUT2D eigenvalue weighted by molar-refractivity contribution is 7.80. The van der Waals surface area contributed by atoms with Crippen LogP contribution in [-0.4, -0.2) is 28.2 Å². The van der Waals surface area contributed by atoms with E-state index in [0.717, 1.165) is 29.4 Å². The Balaban J connectivity index is 1.02. The number of carbonyl (C=O) groups excluding carboxylic acids is 1. The van der Waals surface area contributed by atoms with Crippen LogP contribution in [-0.2, 0) is 0 Å². The van der Waals surface area contributed by atoms with Crippen molar-refractivity contribution in [3.05, 3.63) is 29.8 Å². The van der Waals surface area contributed by atoms with Crippen molar-refractivity contribution in [1.29, 1.82) is 0 Å². The molecular formula is C23H32N6OS2. The Bertz CT molecular complexity index is 878. The van der Waals surface area contributed by atoms with Crippen LogP contribution in [0.15, 0.2) is 24.3 Å². The molecule has 1 aromatic carbocycles. The zero-order chi connectivity index (χ0) is 22.1. The van der Waals surface area contributed by atoms with E-state index in [4.69, 9.17) is 24.4 Å². The third-order valence-corrected chi connectivity index (χ3v) is 8.31. The fourth-order valence-corrected chi connectivity index (χ4v) is 6.68. The number of hydrogen-bond acceptors (Lipinski definition) is 4. The van der Waals surface area contributed by atoms with E-state index in [2.05, 4.69) is 32.3 Å². The van der Waals surface area contributed by atoms with Crippen molar-refractivity contribution in [2.45, 2.75) is 63.5 Å². The second kappa shape index (κ2) is 9.39. The first-order chi connectivity index (χ1) is 15.5. The van der Waals surface area contributed by atoms with Gasteiger partial charge in [0.05, 0.1) is 5.69 Å². The van der Waals surface area contributed by atoms with Gasteiger partial charge in [0.1, 0.15) is 0 Å². The largest absolute Gasteiger partial charge is 0.358 e. The molecule has 4 aliphatic carbocycles. The van der Waals surface area contributed by atoms with Crippen LogP contribution in [0.25, 0.3) is 0 Å². The summed E-state index contributed by atoms with van der Waals surface area (Å²) in [6.07, 6.45) is 10.4. The first-order valence-electron chi connectivity index (χ1n) is 11.8. The second-order valence-corrected chi connectivity index (χ2v) is 10.7. The number of amides is 1. The minimum atomic E-state index is -0.227. The zero-order valence-electron chi connectivity index (χ0n) is 18.2. The Morgan fingerprint density at radius 3 is 1.78 bits per heavy atom. The number of carbonyl (C=O) groups is 1. The highest BCUT2D eigenvalue weighted by atomic mass is 32.1. The third-order valence-electron chi connectivity index (χ3n) is 7.87. The van der Waals surface area contributed by atoms with Gasteiger partial charge in [-0.1, -0.05) is 12.8 Å². The number of hydrogen-bond donors (Lipinski definition) is 6. The summed E-state index contributed by atoms with van der Waals surface area (Å²) >= 11 is 10.8. The van der Waals surface area contributed by atoms with Gasteiger partial charge in [0, 0.05) is 17.6 Å². The summed E-state index contributed by atoms with van der Waals surface area (Å²) in [5.41, 5.74) is 13.1. The summed E-state index contributed by atoms with van der Waals surface area (Å²) in [5, 5.41) is 7.89. The maximum Gasteiger partial charge on any atom is 0.269 e. The van der Waals surface area contributed by atoms with E-state index >= 15 is 0 Å². The maximum atomic E-state index is 12.4. The molecule has 4 saturated carbocycles. The molecule has 0 aromatic heterocycles. The maximum absolute atomic E-state index is 12.4. The number of thiocarbonyl (C=S) groups is 2. The van der Waals surface area contributed by atoms with Crippen LogP contribution in [0.1, 0.15) is 61.7 Å². The molecule has 9 heteroatoms. The third kappa shape index (κ3) is 4.93. The van der Waals surface area contributed by atoms with E-state index in [-0.39, 0.29) is 5.91 Å². The van der Waals surface area contributed by atoms with Crippen molar-refractivity contribution in [3.8, 4) is 0 Å². The van der Waals surface area contributed by atoms with Gasteiger partial charge in [0.15, 0.2) is 10.2 Å². The number of benzene rings is 1. The van der Waals surface area contributed by atoms with E-state index in [1.165, 1.54) is 51.4 Å². The molecule has 4 aliphatic rings. The fourth-order valence-electron chi connectivity index (χ4n) is 6.27. The normalized spacial score (nSPS) is 31.8.